The summed E-state index contributed by atoms with van der Waals surface area (Å²) in [6.07, 6.45) is 12.3. The molecule has 0 radical (unpaired) electrons. The lowest BCUT2D eigenvalue weighted by molar-refractivity contribution is 0.287. The van der Waals surface area contributed by atoms with Gasteiger partial charge in [-0.2, -0.15) is 0 Å². The van der Waals surface area contributed by atoms with Crippen LogP contribution in [-0.4, -0.2) is 14.5 Å². The van der Waals surface area contributed by atoms with Crippen molar-refractivity contribution in [2.75, 3.05) is 5.73 Å². The Hall–Kier alpha value is -2.02. The third-order valence-corrected chi connectivity index (χ3v) is 3.90. The molecule has 100 valence electrons. The van der Waals surface area contributed by atoms with E-state index < -0.39 is 0 Å². The van der Waals surface area contributed by atoms with Gasteiger partial charge in [-0.05, 0) is 19.8 Å². The van der Waals surface area contributed by atoms with Crippen LogP contribution in [0.15, 0.2) is 12.5 Å². The molecule has 2 N–H and O–H groups in total. The summed E-state index contributed by atoms with van der Waals surface area (Å²) in [7, 11) is 0. The van der Waals surface area contributed by atoms with Crippen molar-refractivity contribution < 1.29 is 0 Å². The summed E-state index contributed by atoms with van der Waals surface area (Å²) in [5, 5.41) is 0.792. The number of hydrogen-bond acceptors (Lipinski definition) is 3. The second kappa shape index (κ2) is 4.93. The summed E-state index contributed by atoms with van der Waals surface area (Å²) in [6.45, 7) is 6.60. The van der Waals surface area contributed by atoms with Gasteiger partial charge in [-0.1, -0.05) is 26.2 Å². The second-order valence-electron chi connectivity index (χ2n) is 5.12. The fraction of sp³-hybridized carbons (Fsp3) is 0.467. The van der Waals surface area contributed by atoms with E-state index in [1.165, 1.54) is 6.33 Å². The highest BCUT2D eigenvalue weighted by molar-refractivity contribution is 5.92. The topological polar surface area (TPSA) is 56.7 Å². The normalized spacial score (nSPS) is 14.2. The highest BCUT2D eigenvalue weighted by Gasteiger charge is 2.27. The molecule has 0 fully saturated rings. The Morgan fingerprint density at radius 1 is 1.42 bits per heavy atom. The van der Waals surface area contributed by atoms with Crippen molar-refractivity contribution >= 4 is 16.9 Å². The fourth-order valence-corrected chi connectivity index (χ4v) is 2.61. The Bertz CT molecular complexity index is 635. The lowest BCUT2D eigenvalue weighted by Gasteiger charge is -2.30. The van der Waals surface area contributed by atoms with Crippen molar-refractivity contribution in [2.24, 2.45) is 0 Å². The van der Waals surface area contributed by atoms with E-state index in [-0.39, 0.29) is 5.54 Å². The van der Waals surface area contributed by atoms with Gasteiger partial charge < -0.3 is 10.3 Å². The molecule has 0 aliphatic rings. The summed E-state index contributed by atoms with van der Waals surface area (Å²) in [6, 6.07) is 0. The second-order valence-corrected chi connectivity index (χ2v) is 5.12. The molecule has 19 heavy (non-hydrogen) atoms. The predicted molar refractivity (Wildman–Crippen MR) is 78.7 cm³/mol. The minimum absolute atomic E-state index is 0.00287. The molecule has 0 saturated carbocycles. The van der Waals surface area contributed by atoms with Crippen LogP contribution in [0.1, 0.15) is 45.6 Å². The minimum atomic E-state index is 0.00287. The Morgan fingerprint density at radius 3 is 2.74 bits per heavy atom. The van der Waals surface area contributed by atoms with E-state index in [9.17, 15) is 0 Å². The maximum atomic E-state index is 5.94. The summed E-state index contributed by atoms with van der Waals surface area (Å²) >= 11 is 0. The third kappa shape index (κ3) is 2.06. The van der Waals surface area contributed by atoms with Crippen LogP contribution in [0.2, 0.25) is 0 Å². The molecule has 2 aromatic heterocycles. The first-order valence-electron chi connectivity index (χ1n) is 6.66. The first-order chi connectivity index (χ1) is 9.07. The average Bonchev–Trinajstić information content (AvgIpc) is 2.79. The number of fused-ring (bicyclic) bond motifs is 1. The quantitative estimate of drug-likeness (QED) is 0.856. The van der Waals surface area contributed by atoms with Gasteiger partial charge in [0.1, 0.15) is 17.8 Å². The Balaban J connectivity index is 2.75. The SMILES string of the molecule is C#Cc1cn(C(C)(CC)CCC)c2ncnc(N)c12. The Labute approximate surface area is 114 Å². The smallest absolute Gasteiger partial charge is 0.147 e. The molecule has 2 aromatic rings. The van der Waals surface area contributed by atoms with Crippen molar-refractivity contribution in [2.45, 2.75) is 45.6 Å². The molecule has 0 bridgehead atoms. The zero-order valence-corrected chi connectivity index (χ0v) is 11.8. The van der Waals surface area contributed by atoms with Crippen molar-refractivity contribution in [1.29, 1.82) is 0 Å². The number of anilines is 1. The summed E-state index contributed by atoms with van der Waals surface area (Å²) < 4.78 is 2.17. The van der Waals surface area contributed by atoms with Crippen LogP contribution >= 0.6 is 0 Å². The highest BCUT2D eigenvalue weighted by atomic mass is 15.1. The van der Waals surface area contributed by atoms with Crippen molar-refractivity contribution in [3.05, 3.63) is 18.1 Å². The van der Waals surface area contributed by atoms with Gasteiger partial charge in [0.2, 0.25) is 0 Å². The predicted octanol–water partition coefficient (Wildman–Crippen LogP) is 2.92. The van der Waals surface area contributed by atoms with E-state index in [2.05, 4.69) is 41.2 Å². The molecule has 4 heteroatoms. The van der Waals surface area contributed by atoms with E-state index in [1.54, 1.807) is 0 Å². The molecule has 2 rings (SSSR count). The maximum absolute atomic E-state index is 5.94. The van der Waals surface area contributed by atoms with Crippen LogP contribution in [0, 0.1) is 12.3 Å². The first-order valence-corrected chi connectivity index (χ1v) is 6.66. The summed E-state index contributed by atoms with van der Waals surface area (Å²) in [5.41, 5.74) is 7.55. The van der Waals surface area contributed by atoms with Crippen molar-refractivity contribution in [3.63, 3.8) is 0 Å². The number of nitrogens with two attached hydrogens (primary N) is 1. The van der Waals surface area contributed by atoms with Gasteiger partial charge in [-0.3, -0.25) is 0 Å². The number of nitrogen functional groups attached to an aromatic ring is 1. The largest absolute Gasteiger partial charge is 0.383 e. The standard InChI is InChI=1S/C15H20N4/c1-5-8-15(4,7-3)19-9-11(6-2)12-13(16)17-10-18-14(12)19/h2,9-10H,5,7-8H2,1,3-4H3,(H2,16,17,18). The Kier molecular flexibility index (Phi) is 3.48. The summed E-state index contributed by atoms with van der Waals surface area (Å²) in [5.74, 6) is 3.14. The van der Waals surface area contributed by atoms with E-state index in [0.29, 0.717) is 5.82 Å². The zero-order chi connectivity index (χ0) is 14.0. The van der Waals surface area contributed by atoms with Gasteiger partial charge in [0.25, 0.3) is 0 Å². The molecule has 0 aliphatic carbocycles. The van der Waals surface area contributed by atoms with E-state index in [1.807, 2.05) is 6.20 Å². The molecule has 0 saturated heterocycles. The van der Waals surface area contributed by atoms with Gasteiger partial charge in [-0.15, -0.1) is 6.42 Å². The third-order valence-electron chi connectivity index (χ3n) is 3.90. The molecule has 4 nitrogen and oxygen atoms in total. The van der Waals surface area contributed by atoms with E-state index in [4.69, 9.17) is 12.2 Å². The molecule has 0 amide bonds. The molecule has 1 atom stereocenters. The van der Waals surface area contributed by atoms with Crippen LogP contribution in [0.5, 0.6) is 0 Å². The number of terminal acetylenes is 1. The molecule has 0 aromatic carbocycles. The van der Waals surface area contributed by atoms with Gasteiger partial charge in [-0.25, -0.2) is 9.97 Å². The zero-order valence-electron chi connectivity index (χ0n) is 11.8. The molecular weight excluding hydrogens is 236 g/mol. The number of aromatic nitrogens is 3. The fourth-order valence-electron chi connectivity index (χ4n) is 2.61. The van der Waals surface area contributed by atoms with Crippen LogP contribution in [0.3, 0.4) is 0 Å². The lowest BCUT2D eigenvalue weighted by atomic mass is 9.93. The molecule has 0 spiro atoms. The van der Waals surface area contributed by atoms with Gasteiger partial charge in [0, 0.05) is 11.7 Å². The molecule has 0 aliphatic heterocycles. The van der Waals surface area contributed by atoms with Crippen LogP contribution in [0.4, 0.5) is 5.82 Å². The minimum Gasteiger partial charge on any atom is -0.383 e. The molecule has 1 unspecified atom stereocenters. The van der Waals surface area contributed by atoms with Crippen molar-refractivity contribution in [1.82, 2.24) is 14.5 Å². The van der Waals surface area contributed by atoms with Gasteiger partial charge in [0.05, 0.1) is 10.9 Å². The first kappa shape index (κ1) is 13.4. The van der Waals surface area contributed by atoms with Gasteiger partial charge in [0.15, 0.2) is 0 Å². The average molecular weight is 256 g/mol. The highest BCUT2D eigenvalue weighted by Crippen LogP contribution is 2.33. The van der Waals surface area contributed by atoms with Gasteiger partial charge >= 0.3 is 0 Å². The monoisotopic (exact) mass is 256 g/mol. The van der Waals surface area contributed by atoms with Crippen LogP contribution in [-0.2, 0) is 5.54 Å². The lowest BCUT2D eigenvalue weighted by Crippen LogP contribution is -2.28. The maximum Gasteiger partial charge on any atom is 0.147 e. The summed E-state index contributed by atoms with van der Waals surface area (Å²) in [4.78, 5) is 8.42. The van der Waals surface area contributed by atoms with Crippen LogP contribution < -0.4 is 5.73 Å². The van der Waals surface area contributed by atoms with Crippen LogP contribution in [0.25, 0.3) is 11.0 Å². The molecular formula is C15H20N4. The Morgan fingerprint density at radius 2 is 2.16 bits per heavy atom. The number of nitrogens with zero attached hydrogens (tertiary/aromatic N) is 3. The molecule has 2 heterocycles. The van der Waals surface area contributed by atoms with Crippen molar-refractivity contribution in [3.8, 4) is 12.3 Å². The van der Waals surface area contributed by atoms with E-state index in [0.717, 1.165) is 35.9 Å². The van der Waals surface area contributed by atoms with E-state index >= 15 is 0 Å². The number of hydrogen-bond donors (Lipinski definition) is 1. The number of rotatable bonds is 4.